The zero-order valence-corrected chi connectivity index (χ0v) is 57.5. The third-order valence-electron chi connectivity index (χ3n) is 10.7. The second kappa shape index (κ2) is 43.3. The van der Waals surface area contributed by atoms with E-state index in [4.69, 9.17) is 76.3 Å². The van der Waals surface area contributed by atoms with Gasteiger partial charge in [-0.3, -0.25) is 0 Å². The standard InChI is InChI=1S/C14H16O2Si.C12H12O2Si.C9H20O5Si.C5H12O3Si.C4H14O3Si2.C3H10O3Si.C3H10O2Si/c1-16-17(12-15,13-8-4-2-5-9-13)14-10-6-3-7-11-14;13-15(14,11-7-3-1-4-8-11)12-9-5-2-6-10-12;1-10-15(11-2,12-3)6-4-5-13-7-9-8-14-9;1-5-9(6-2,7-3)8-4;1-8(2,5)7-9(3,4)6;1-4-7(5-2)6-3;1-4-6(3)5-2/h2-11,15H,12H2,1H3;1-10,13-14H;9H,4-8H2,1-3H3;5H,1H2,2-4H3;5-6H,1-4H3;7H,1-3H3;6H,1-3H3. The van der Waals surface area contributed by atoms with E-state index in [0.717, 1.165) is 29.4 Å². The first kappa shape index (κ1) is 77.6. The number of rotatable bonds is 26. The van der Waals surface area contributed by atoms with Crippen molar-refractivity contribution in [2.45, 2.75) is 51.3 Å². The van der Waals surface area contributed by atoms with E-state index in [0.29, 0.717) is 29.7 Å². The molecule has 4 aromatic rings. The third kappa shape index (κ3) is 32.9. The Balaban J connectivity index is 0. The fourth-order valence-corrected chi connectivity index (χ4v) is 19.2. The lowest BCUT2D eigenvalue weighted by Crippen LogP contribution is -2.63. The summed E-state index contributed by atoms with van der Waals surface area (Å²) in [7, 11) is 0.727. The molecule has 1 aliphatic rings. The summed E-state index contributed by atoms with van der Waals surface area (Å²) in [5, 5.41) is 13.2. The summed E-state index contributed by atoms with van der Waals surface area (Å²) in [5.41, 5.74) is 1.58. The average Bonchev–Trinajstić information content (AvgIpc) is 4.30. The molecule has 5 rings (SSSR count). The van der Waals surface area contributed by atoms with Gasteiger partial charge in [0.2, 0.25) is 0 Å². The number of aliphatic hydroxyl groups excluding tert-OH is 1. The van der Waals surface area contributed by atoms with Crippen molar-refractivity contribution in [2.24, 2.45) is 0 Å². The monoisotopic (exact) mass is 1240 g/mol. The van der Waals surface area contributed by atoms with Crippen LogP contribution in [0, 0.1) is 0 Å². The minimum atomic E-state index is -3.46. The van der Waals surface area contributed by atoms with Crippen LogP contribution in [-0.4, -0.2) is 212 Å². The maximum atomic E-state index is 10.2. The SMILES string of the molecule is C=C[Si](OC)(OC)OC.CO[SiH](C)OC.CO[SiH](OC)OC.CO[Si](CCCOCC1CO1)(OC)OC.CO[Si](CO)(c1ccccc1)c1ccccc1.C[Si](C)(O)O[Si](C)(C)O.O[Si](O)(c1ccccc1)c1ccccc1. The summed E-state index contributed by atoms with van der Waals surface area (Å²) < 4.78 is 75.8. The first-order valence-corrected chi connectivity index (χ1v) is 41.6. The summed E-state index contributed by atoms with van der Waals surface area (Å²) in [6.07, 6.45) is 1.27. The lowest BCUT2D eigenvalue weighted by atomic mass is 10.4. The van der Waals surface area contributed by atoms with Crippen LogP contribution >= 0.6 is 0 Å². The predicted octanol–water partition coefficient (Wildman–Crippen LogP) is 2.58. The van der Waals surface area contributed by atoms with Gasteiger partial charge in [0.1, 0.15) is 6.10 Å². The topological polar surface area (TPSA) is 243 Å². The molecule has 446 valence electrons. The molecule has 1 saturated heterocycles. The van der Waals surface area contributed by atoms with Gasteiger partial charge < -0.3 is 91.0 Å². The molecule has 0 spiro atoms. The van der Waals surface area contributed by atoms with Gasteiger partial charge in [-0.15, -0.1) is 0 Å². The highest BCUT2D eigenvalue weighted by Gasteiger charge is 2.39. The normalized spacial score (nSPS) is 13.3. The van der Waals surface area contributed by atoms with Gasteiger partial charge >= 0.3 is 62.1 Å². The number of hydrogen-bond acceptors (Lipinski definition) is 20. The minimum Gasteiger partial charge on any atom is -0.415 e. The summed E-state index contributed by atoms with van der Waals surface area (Å²) in [6.45, 7) is 14.3. The molecule has 0 saturated carbocycles. The highest BCUT2D eigenvalue weighted by atomic mass is 28.5. The third-order valence-corrected chi connectivity index (χ3v) is 28.1. The van der Waals surface area contributed by atoms with Crippen molar-refractivity contribution in [3.8, 4) is 0 Å². The zero-order valence-electron chi connectivity index (χ0n) is 49.2. The average molecular weight is 1240 g/mol. The number of hydrogen-bond donors (Lipinski definition) is 5. The van der Waals surface area contributed by atoms with Gasteiger partial charge in [0.05, 0.1) is 19.4 Å². The number of aliphatic hydroxyl groups is 1. The molecule has 0 bridgehead atoms. The molecule has 0 aromatic heterocycles. The first-order chi connectivity index (χ1) is 36.9. The van der Waals surface area contributed by atoms with Gasteiger partial charge in [0, 0.05) is 98.0 Å². The summed E-state index contributed by atoms with van der Waals surface area (Å²) in [4.78, 5) is 38.6. The number of benzene rings is 4. The highest BCUT2D eigenvalue weighted by molar-refractivity contribution is 6.97. The Kier molecular flexibility index (Phi) is 43.1. The van der Waals surface area contributed by atoms with Gasteiger partial charge in [-0.2, -0.15) is 0 Å². The van der Waals surface area contributed by atoms with Crippen LogP contribution in [0.25, 0.3) is 0 Å². The van der Waals surface area contributed by atoms with Crippen LogP contribution in [0.15, 0.2) is 134 Å². The Labute approximate surface area is 476 Å². The highest BCUT2D eigenvalue weighted by Crippen LogP contribution is 2.16. The first-order valence-electron chi connectivity index (χ1n) is 24.7. The number of epoxide rings is 1. The maximum Gasteiger partial charge on any atom is 0.528 e. The van der Waals surface area contributed by atoms with E-state index < -0.39 is 70.4 Å². The Morgan fingerprint density at radius 3 is 1.08 bits per heavy atom. The van der Waals surface area contributed by atoms with Crippen molar-refractivity contribution >= 4 is 91.2 Å². The Morgan fingerprint density at radius 2 is 0.885 bits per heavy atom. The van der Waals surface area contributed by atoms with E-state index >= 15 is 0 Å². The van der Waals surface area contributed by atoms with Crippen molar-refractivity contribution in [3.63, 3.8) is 0 Å². The quantitative estimate of drug-likeness (QED) is 0.0345. The Hall–Kier alpha value is -2.44. The lowest BCUT2D eigenvalue weighted by molar-refractivity contribution is 0.100. The molecule has 20 nitrogen and oxygen atoms in total. The Morgan fingerprint density at radius 1 is 0.538 bits per heavy atom. The molecule has 0 amide bonds. The van der Waals surface area contributed by atoms with Crippen LogP contribution in [0.2, 0.25) is 38.8 Å². The molecular weight excluding hydrogens is 1150 g/mol. The van der Waals surface area contributed by atoms with E-state index in [1.165, 1.54) is 0 Å². The van der Waals surface area contributed by atoms with Crippen LogP contribution in [0.3, 0.4) is 0 Å². The fraction of sp³-hybridized carbons (Fsp3) is 0.480. The lowest BCUT2D eigenvalue weighted by Gasteiger charge is -2.28. The molecule has 1 aliphatic heterocycles. The molecule has 4 aromatic carbocycles. The van der Waals surface area contributed by atoms with E-state index in [1.807, 2.05) is 104 Å². The van der Waals surface area contributed by atoms with Gasteiger partial charge in [-0.05, 0) is 65.6 Å². The summed E-state index contributed by atoms with van der Waals surface area (Å²) in [5.74, 6) is 0. The second-order valence-electron chi connectivity index (χ2n) is 17.2. The molecule has 1 fully saturated rings. The minimum absolute atomic E-state index is 0.0531. The smallest absolute Gasteiger partial charge is 0.415 e. The summed E-state index contributed by atoms with van der Waals surface area (Å²) in [6, 6.07) is 38.7. The molecule has 5 N–H and O–H groups in total. The van der Waals surface area contributed by atoms with Crippen LogP contribution in [-0.2, 0) is 66.7 Å². The van der Waals surface area contributed by atoms with E-state index in [1.54, 1.807) is 141 Å². The molecule has 28 heteroatoms. The van der Waals surface area contributed by atoms with Crippen LogP contribution in [0.5, 0.6) is 0 Å². The van der Waals surface area contributed by atoms with Crippen molar-refractivity contribution in [1.29, 1.82) is 0 Å². The zero-order chi connectivity index (χ0) is 59.7. The van der Waals surface area contributed by atoms with Crippen molar-refractivity contribution in [3.05, 3.63) is 134 Å². The molecule has 1 unspecified atom stereocenters. The molecular formula is C50H94O20Si8. The van der Waals surface area contributed by atoms with Crippen molar-refractivity contribution < 1.29 is 91.0 Å². The van der Waals surface area contributed by atoms with Crippen LogP contribution in [0.4, 0.5) is 0 Å². The number of ether oxygens (including phenoxy) is 2. The van der Waals surface area contributed by atoms with Crippen molar-refractivity contribution in [2.75, 3.05) is 111 Å². The fourth-order valence-electron chi connectivity index (χ4n) is 6.39. The van der Waals surface area contributed by atoms with E-state index in [9.17, 15) is 14.7 Å². The van der Waals surface area contributed by atoms with Crippen LogP contribution in [0.1, 0.15) is 6.42 Å². The predicted molar refractivity (Wildman–Crippen MR) is 324 cm³/mol. The summed E-state index contributed by atoms with van der Waals surface area (Å²) >= 11 is 0. The van der Waals surface area contributed by atoms with E-state index in [2.05, 4.69) is 6.58 Å². The Bertz CT molecular complexity index is 1880. The van der Waals surface area contributed by atoms with Gasteiger partial charge in [-0.25, -0.2) is 0 Å². The van der Waals surface area contributed by atoms with Gasteiger partial charge in [0.15, 0.2) is 0 Å². The molecule has 0 aliphatic carbocycles. The van der Waals surface area contributed by atoms with Crippen molar-refractivity contribution in [1.82, 2.24) is 0 Å². The van der Waals surface area contributed by atoms with Gasteiger partial charge in [-0.1, -0.05) is 128 Å². The van der Waals surface area contributed by atoms with Crippen LogP contribution < -0.4 is 20.7 Å². The molecule has 78 heavy (non-hydrogen) atoms. The van der Waals surface area contributed by atoms with Gasteiger partial charge in [0.25, 0.3) is 8.32 Å². The maximum absolute atomic E-state index is 10.2. The van der Waals surface area contributed by atoms with E-state index in [-0.39, 0.29) is 6.23 Å². The second-order valence-corrected chi connectivity index (χ2v) is 39.8. The molecule has 1 atom stereocenters. The molecule has 1 heterocycles. The largest absolute Gasteiger partial charge is 0.528 e. The molecule has 0 radical (unpaired) electrons.